The molecule has 0 atom stereocenters. The van der Waals surface area contributed by atoms with Crippen LogP contribution in [0, 0.1) is 0 Å². The van der Waals surface area contributed by atoms with E-state index in [-0.39, 0.29) is 30.4 Å². The molecule has 61 heavy (non-hydrogen) atoms. The molecule has 5 heterocycles. The summed E-state index contributed by atoms with van der Waals surface area (Å²) in [6.45, 7) is 8.14. The van der Waals surface area contributed by atoms with Crippen molar-refractivity contribution < 1.29 is 18.9 Å². The van der Waals surface area contributed by atoms with Crippen molar-refractivity contribution in [2.24, 2.45) is 0 Å². The smallest absolute Gasteiger partial charge is 0.399 e. The predicted octanol–water partition coefficient (Wildman–Crippen LogP) is 14.9. The zero-order valence-corrected chi connectivity index (χ0v) is 39.9. The Bertz CT molecular complexity index is 2830. The fourth-order valence-corrected chi connectivity index (χ4v) is 10.2. The summed E-state index contributed by atoms with van der Waals surface area (Å²) in [6.07, 6.45) is 0. The van der Waals surface area contributed by atoms with Crippen LogP contribution in [0.1, 0.15) is 54.5 Å². The third-order valence-electron chi connectivity index (χ3n) is 9.51. The van der Waals surface area contributed by atoms with Crippen LogP contribution in [0.2, 0.25) is 20.1 Å². The van der Waals surface area contributed by atoms with Crippen LogP contribution in [-0.2, 0) is 9.31 Å². The molecule has 18 heteroatoms. The number of thiazole rings is 2. The Morgan fingerprint density at radius 3 is 1.66 bits per heavy atom. The Morgan fingerprint density at radius 2 is 1.13 bits per heavy atom. The summed E-state index contributed by atoms with van der Waals surface area (Å²) < 4.78 is 15.2. The summed E-state index contributed by atoms with van der Waals surface area (Å²) in [6, 6.07) is 29.3. The van der Waals surface area contributed by atoms with E-state index in [1.165, 1.54) is 22.7 Å². The van der Waals surface area contributed by atoms with Gasteiger partial charge in [-0.25, -0.2) is 9.97 Å². The van der Waals surface area contributed by atoms with E-state index in [1.54, 1.807) is 64.6 Å². The van der Waals surface area contributed by atoms with Crippen molar-refractivity contribution in [1.29, 1.82) is 0 Å². The number of nitrogens with one attached hydrogen (secondary N) is 2. The van der Waals surface area contributed by atoms with Gasteiger partial charge < -0.3 is 19.9 Å². The molecule has 0 saturated carbocycles. The van der Waals surface area contributed by atoms with Crippen LogP contribution in [0.15, 0.2) is 112 Å². The molecule has 0 unspecified atom stereocenters. The Balaban J connectivity index is 0.000000156. The molecule has 8 nitrogen and oxygen atoms in total. The van der Waals surface area contributed by atoms with Crippen molar-refractivity contribution in [3.8, 4) is 10.4 Å². The van der Waals surface area contributed by atoms with Gasteiger partial charge in [0, 0.05) is 20.9 Å². The summed E-state index contributed by atoms with van der Waals surface area (Å²) in [4.78, 5) is 35.0. The highest BCUT2D eigenvalue weighted by atomic mass is 79.9. The average Bonchev–Trinajstić information content (AvgIpc) is 4.05. The molecule has 2 N–H and O–H groups in total. The highest BCUT2D eigenvalue weighted by Crippen LogP contribution is 2.39. The molecule has 8 aromatic rings. The van der Waals surface area contributed by atoms with Crippen LogP contribution in [0.5, 0.6) is 0 Å². The Morgan fingerprint density at radius 1 is 0.639 bits per heavy atom. The summed E-state index contributed by atoms with van der Waals surface area (Å²) in [5, 5.41) is 7.89. The maximum atomic E-state index is 12.5. The van der Waals surface area contributed by atoms with Gasteiger partial charge in [0.2, 0.25) is 0 Å². The summed E-state index contributed by atoms with van der Waals surface area (Å²) >= 11 is 34.0. The minimum atomic E-state index is -0.427. The molecule has 1 aliphatic heterocycles. The van der Waals surface area contributed by atoms with Gasteiger partial charge >= 0.3 is 7.12 Å². The summed E-state index contributed by atoms with van der Waals surface area (Å²) in [7, 11) is -0.427. The lowest BCUT2D eigenvalue weighted by Gasteiger charge is -2.32. The molecular weight excluding hydrogens is 997 g/mol. The topological polar surface area (TPSA) is 102 Å². The highest BCUT2D eigenvalue weighted by molar-refractivity contribution is 9.11. The number of para-hydroxylation sites is 2. The normalized spacial score (nSPS) is 13.8. The first-order valence-electron chi connectivity index (χ1n) is 18.0. The summed E-state index contributed by atoms with van der Waals surface area (Å²) in [5.74, 6) is -0.344. The molecule has 9 rings (SSSR count). The van der Waals surface area contributed by atoms with E-state index in [0.29, 0.717) is 41.2 Å². The Hall–Kier alpha value is -3.38. The van der Waals surface area contributed by atoms with Crippen molar-refractivity contribution in [2.45, 2.75) is 46.3 Å². The van der Waals surface area contributed by atoms with Gasteiger partial charge in [0.15, 0.2) is 0 Å². The maximum Gasteiger partial charge on any atom is 0.496 e. The van der Waals surface area contributed by atoms with Crippen molar-refractivity contribution in [3.05, 3.63) is 142 Å². The van der Waals surface area contributed by atoms with Gasteiger partial charge in [-0.1, -0.05) is 78.1 Å². The van der Waals surface area contributed by atoms with Gasteiger partial charge in [-0.2, -0.15) is 0 Å². The number of aromatic nitrogens is 2. The second-order valence-electron chi connectivity index (χ2n) is 14.1. The predicted molar refractivity (Wildman–Crippen MR) is 266 cm³/mol. The molecule has 314 valence electrons. The van der Waals surface area contributed by atoms with Crippen LogP contribution >= 0.6 is 108 Å². The van der Waals surface area contributed by atoms with Crippen molar-refractivity contribution in [3.63, 3.8) is 0 Å². The van der Waals surface area contributed by atoms with Gasteiger partial charge in [-0.15, -0.1) is 45.3 Å². The van der Waals surface area contributed by atoms with E-state index in [4.69, 9.17) is 55.7 Å². The van der Waals surface area contributed by atoms with Crippen molar-refractivity contribution in [1.82, 2.24) is 9.97 Å². The lowest BCUT2D eigenvalue weighted by atomic mass is 9.79. The van der Waals surface area contributed by atoms with E-state index in [0.717, 1.165) is 40.1 Å². The minimum Gasteiger partial charge on any atom is -0.399 e. The number of benzene rings is 4. The molecule has 1 fully saturated rings. The van der Waals surface area contributed by atoms with Crippen LogP contribution in [0.3, 0.4) is 0 Å². The first-order valence-corrected chi connectivity index (χ1v) is 23.7. The Labute approximate surface area is 398 Å². The molecule has 1 saturated heterocycles. The van der Waals surface area contributed by atoms with Gasteiger partial charge in [0.25, 0.3) is 11.8 Å². The number of amides is 2. The SMILES string of the molecule is C.CC1(C)OB(c2cc3scnc3cc2Cl)OC1(C)C.O=C(Nc1ccccc1Cl)c1ccc(-c2cc3scnc3cc2Cl)s1.O=C(Nc1ccccc1Cl)c1ccc(Br)s1. The molecule has 1 aliphatic rings. The molecular formula is C43H36BBrCl4N4O4S4. The number of rotatable bonds is 6. The van der Waals surface area contributed by atoms with Gasteiger partial charge in [0.05, 0.1) is 82.6 Å². The van der Waals surface area contributed by atoms with Crippen LogP contribution in [0.4, 0.5) is 11.4 Å². The molecule has 4 aromatic carbocycles. The quantitative estimate of drug-likeness (QED) is 0.161. The third kappa shape index (κ3) is 11.1. The number of halogens is 5. The fourth-order valence-electron chi connectivity index (χ4n) is 5.65. The molecule has 0 spiro atoms. The number of thiophene rings is 2. The molecule has 2 amide bonds. The molecule has 0 aliphatic carbocycles. The number of anilines is 2. The lowest BCUT2D eigenvalue weighted by molar-refractivity contribution is 0.00578. The van der Waals surface area contributed by atoms with Gasteiger partial charge in [-0.05, 0) is 116 Å². The van der Waals surface area contributed by atoms with Crippen LogP contribution in [-0.4, -0.2) is 40.1 Å². The van der Waals surface area contributed by atoms with Gasteiger partial charge in [0.1, 0.15) is 0 Å². The van der Waals surface area contributed by atoms with Crippen molar-refractivity contribution in [2.75, 3.05) is 10.6 Å². The van der Waals surface area contributed by atoms with E-state index < -0.39 is 7.12 Å². The van der Waals surface area contributed by atoms with E-state index in [9.17, 15) is 9.59 Å². The maximum absolute atomic E-state index is 12.5. The summed E-state index contributed by atoms with van der Waals surface area (Å²) in [5.41, 5.74) is 7.68. The number of carbonyl (C=O) groups is 2. The Kier molecular flexibility index (Phi) is 15.4. The van der Waals surface area contributed by atoms with E-state index >= 15 is 0 Å². The second-order valence-corrected chi connectivity index (χ2v) is 21.0. The number of hydrogen-bond acceptors (Lipinski definition) is 10. The zero-order chi connectivity index (χ0) is 42.8. The van der Waals surface area contributed by atoms with E-state index in [2.05, 4.69) is 36.5 Å². The fraction of sp³-hybridized carbons (Fsp3) is 0.163. The lowest BCUT2D eigenvalue weighted by Crippen LogP contribution is -2.41. The standard InChI is InChI=1S/C18H10Cl2N2OS2.C13H15BClNO2S.C11H7BrClNOS.CH4/c19-11-3-1-2-4-13(11)22-18(23)16-6-5-15(25-16)10-7-17-14(8-12(10)20)21-9-24-17;1-12(2)13(3,4)18-14(17-12)8-5-11-10(6-9(8)15)16-7-19-11;12-10-6-5-9(16-10)11(15)14-8-4-2-1-3-7(8)13;/h1-9H,(H,22,23);5-7H,1-4H3;1-6H,(H,14,15);1H4. The monoisotopic (exact) mass is 1030 g/mol. The molecule has 4 aromatic heterocycles. The number of carbonyl (C=O) groups excluding carboxylic acids is 2. The number of fused-ring (bicyclic) bond motifs is 2. The number of hydrogen-bond donors (Lipinski definition) is 2. The first kappa shape index (κ1) is 47.1. The highest BCUT2D eigenvalue weighted by Gasteiger charge is 2.52. The first-order chi connectivity index (χ1) is 28.6. The van der Waals surface area contributed by atoms with Crippen LogP contribution in [0.25, 0.3) is 30.9 Å². The molecule has 0 radical (unpaired) electrons. The molecule has 0 bridgehead atoms. The number of nitrogens with zero attached hydrogens (tertiary/aromatic N) is 2. The van der Waals surface area contributed by atoms with Gasteiger partial charge in [-0.3, -0.25) is 9.59 Å². The third-order valence-corrected chi connectivity index (χ3v) is 15.1. The van der Waals surface area contributed by atoms with Crippen molar-refractivity contribution >= 4 is 164 Å². The largest absolute Gasteiger partial charge is 0.496 e. The average molecular weight is 1030 g/mol. The zero-order valence-electron chi connectivity index (χ0n) is 32.0. The van der Waals surface area contributed by atoms with E-state index in [1.807, 2.05) is 93.9 Å². The second kappa shape index (κ2) is 20.0. The minimum absolute atomic E-state index is 0. The van der Waals surface area contributed by atoms with Crippen LogP contribution < -0.4 is 16.1 Å².